The summed E-state index contributed by atoms with van der Waals surface area (Å²) >= 11 is 0. The van der Waals surface area contributed by atoms with Gasteiger partial charge in [0, 0.05) is 17.2 Å². The van der Waals surface area contributed by atoms with Gasteiger partial charge in [-0.1, -0.05) is 18.1 Å². The van der Waals surface area contributed by atoms with Crippen LogP contribution in [-0.4, -0.2) is 19.3 Å². The molecule has 2 rings (SSSR count). The molecular formula is C17H15FO3. The van der Waals surface area contributed by atoms with E-state index in [4.69, 9.17) is 15.9 Å². The molecule has 0 heterocycles. The van der Waals surface area contributed by atoms with Crippen LogP contribution in [0.25, 0.3) is 0 Å². The number of terminal acetylenes is 1. The van der Waals surface area contributed by atoms with E-state index in [9.17, 15) is 9.50 Å². The Bertz CT molecular complexity index is 673. The van der Waals surface area contributed by atoms with Crippen LogP contribution in [0.5, 0.6) is 11.5 Å². The molecule has 0 bridgehead atoms. The van der Waals surface area contributed by atoms with Gasteiger partial charge in [0.25, 0.3) is 0 Å². The number of ether oxygens (including phenoxy) is 2. The van der Waals surface area contributed by atoms with Crippen LogP contribution in [0.2, 0.25) is 0 Å². The summed E-state index contributed by atoms with van der Waals surface area (Å²) in [4.78, 5) is 0. The molecule has 0 radical (unpaired) electrons. The number of rotatable bonds is 4. The molecule has 0 amide bonds. The summed E-state index contributed by atoms with van der Waals surface area (Å²) in [5.41, 5.74) is -1.48. The van der Waals surface area contributed by atoms with Crippen molar-refractivity contribution < 1.29 is 19.0 Å². The predicted molar refractivity (Wildman–Crippen MR) is 77.8 cm³/mol. The highest BCUT2D eigenvalue weighted by molar-refractivity contribution is 5.47. The van der Waals surface area contributed by atoms with Crippen molar-refractivity contribution in [2.75, 3.05) is 14.2 Å². The SMILES string of the molecule is C#CC(O)(c1ccc(OC)cc1)c1ccc(OC)cc1F. The predicted octanol–water partition coefficient (Wildman–Crippen LogP) is 2.71. The van der Waals surface area contributed by atoms with Gasteiger partial charge in [0.05, 0.1) is 14.2 Å². The minimum Gasteiger partial charge on any atom is -0.497 e. The van der Waals surface area contributed by atoms with Gasteiger partial charge in [-0.05, 0) is 24.3 Å². The second-order valence-corrected chi connectivity index (χ2v) is 4.43. The van der Waals surface area contributed by atoms with Gasteiger partial charge >= 0.3 is 0 Å². The zero-order valence-electron chi connectivity index (χ0n) is 11.8. The van der Waals surface area contributed by atoms with Gasteiger partial charge in [-0.3, -0.25) is 0 Å². The highest BCUT2D eigenvalue weighted by atomic mass is 19.1. The molecule has 0 saturated heterocycles. The van der Waals surface area contributed by atoms with E-state index in [0.717, 1.165) is 0 Å². The van der Waals surface area contributed by atoms with E-state index in [-0.39, 0.29) is 5.56 Å². The first-order valence-electron chi connectivity index (χ1n) is 6.24. The standard InChI is InChI=1S/C17H15FO3/c1-4-17(19,12-5-7-13(20-2)8-6-12)15-10-9-14(21-3)11-16(15)18/h1,5-11,19H,2-3H3. The average Bonchev–Trinajstić information content (AvgIpc) is 2.54. The third kappa shape index (κ3) is 2.69. The molecule has 0 aliphatic rings. The largest absolute Gasteiger partial charge is 0.497 e. The van der Waals surface area contributed by atoms with E-state index < -0.39 is 11.4 Å². The van der Waals surface area contributed by atoms with Crippen LogP contribution in [0.1, 0.15) is 11.1 Å². The lowest BCUT2D eigenvalue weighted by molar-refractivity contribution is 0.140. The third-order valence-corrected chi connectivity index (χ3v) is 3.28. The number of halogens is 1. The van der Waals surface area contributed by atoms with Crippen molar-refractivity contribution in [3.63, 3.8) is 0 Å². The smallest absolute Gasteiger partial charge is 0.179 e. The highest BCUT2D eigenvalue weighted by Crippen LogP contribution is 2.33. The van der Waals surface area contributed by atoms with Crippen LogP contribution in [0, 0.1) is 18.2 Å². The van der Waals surface area contributed by atoms with Gasteiger partial charge in [0.15, 0.2) is 5.60 Å². The normalized spacial score (nSPS) is 13.1. The minimum atomic E-state index is -1.86. The summed E-state index contributed by atoms with van der Waals surface area (Å²) in [5, 5.41) is 10.7. The van der Waals surface area contributed by atoms with Crippen molar-refractivity contribution in [3.8, 4) is 23.8 Å². The quantitative estimate of drug-likeness (QED) is 0.878. The molecular weight excluding hydrogens is 271 g/mol. The number of methoxy groups -OCH3 is 2. The van der Waals surface area contributed by atoms with E-state index in [1.807, 2.05) is 0 Å². The molecule has 3 nitrogen and oxygen atoms in total. The second-order valence-electron chi connectivity index (χ2n) is 4.43. The van der Waals surface area contributed by atoms with Crippen LogP contribution in [0.3, 0.4) is 0 Å². The van der Waals surface area contributed by atoms with Gasteiger partial charge in [-0.2, -0.15) is 0 Å². The maximum atomic E-state index is 14.2. The van der Waals surface area contributed by atoms with Crippen molar-refractivity contribution in [1.82, 2.24) is 0 Å². The lowest BCUT2D eigenvalue weighted by Crippen LogP contribution is -2.26. The zero-order chi connectivity index (χ0) is 15.5. The van der Waals surface area contributed by atoms with Crippen molar-refractivity contribution in [2.24, 2.45) is 0 Å². The van der Waals surface area contributed by atoms with E-state index in [0.29, 0.717) is 17.1 Å². The van der Waals surface area contributed by atoms with Gasteiger partial charge in [-0.25, -0.2) is 4.39 Å². The average molecular weight is 286 g/mol. The van der Waals surface area contributed by atoms with E-state index >= 15 is 0 Å². The van der Waals surface area contributed by atoms with E-state index in [2.05, 4.69) is 5.92 Å². The molecule has 21 heavy (non-hydrogen) atoms. The Morgan fingerprint density at radius 2 is 1.62 bits per heavy atom. The fourth-order valence-corrected chi connectivity index (χ4v) is 2.07. The van der Waals surface area contributed by atoms with Gasteiger partial charge in [0.1, 0.15) is 17.3 Å². The molecule has 0 aromatic heterocycles. The first-order chi connectivity index (χ1) is 10.0. The Hall–Kier alpha value is -2.51. The first-order valence-corrected chi connectivity index (χ1v) is 6.24. The maximum Gasteiger partial charge on any atom is 0.179 e. The molecule has 2 aromatic carbocycles. The molecule has 0 aliphatic carbocycles. The molecule has 1 atom stereocenters. The Labute approximate surface area is 122 Å². The Kier molecular flexibility index (Phi) is 4.15. The Morgan fingerprint density at radius 3 is 2.10 bits per heavy atom. The molecule has 0 fully saturated rings. The van der Waals surface area contributed by atoms with E-state index in [1.165, 1.54) is 26.4 Å². The summed E-state index contributed by atoms with van der Waals surface area (Å²) in [7, 11) is 2.97. The summed E-state index contributed by atoms with van der Waals surface area (Å²) < 4.78 is 24.2. The van der Waals surface area contributed by atoms with Crippen LogP contribution in [0.15, 0.2) is 42.5 Å². The topological polar surface area (TPSA) is 38.7 Å². The molecule has 0 saturated carbocycles. The maximum absolute atomic E-state index is 14.2. The molecule has 0 spiro atoms. The molecule has 1 unspecified atom stereocenters. The first kappa shape index (κ1) is 14.9. The van der Waals surface area contributed by atoms with Gasteiger partial charge < -0.3 is 14.6 Å². The Morgan fingerprint density at radius 1 is 1.05 bits per heavy atom. The van der Waals surface area contributed by atoms with Crippen LogP contribution < -0.4 is 9.47 Å². The summed E-state index contributed by atoms with van der Waals surface area (Å²) in [6.07, 6.45) is 5.45. The summed E-state index contributed by atoms with van der Waals surface area (Å²) in [6, 6.07) is 10.6. The molecule has 1 N–H and O–H groups in total. The van der Waals surface area contributed by atoms with Crippen LogP contribution in [0.4, 0.5) is 4.39 Å². The Balaban J connectivity index is 2.52. The van der Waals surface area contributed by atoms with Crippen LogP contribution in [-0.2, 0) is 5.60 Å². The number of benzene rings is 2. The molecule has 108 valence electrons. The highest BCUT2D eigenvalue weighted by Gasteiger charge is 2.32. The number of hydrogen-bond acceptors (Lipinski definition) is 3. The zero-order valence-corrected chi connectivity index (χ0v) is 11.8. The molecule has 2 aromatic rings. The number of hydrogen-bond donors (Lipinski definition) is 1. The second kappa shape index (κ2) is 5.86. The monoisotopic (exact) mass is 286 g/mol. The van der Waals surface area contributed by atoms with Crippen molar-refractivity contribution in [3.05, 3.63) is 59.4 Å². The lowest BCUT2D eigenvalue weighted by Gasteiger charge is -2.24. The third-order valence-electron chi connectivity index (χ3n) is 3.28. The lowest BCUT2D eigenvalue weighted by atomic mass is 9.86. The van der Waals surface area contributed by atoms with Crippen molar-refractivity contribution in [1.29, 1.82) is 0 Å². The fraction of sp³-hybridized carbons (Fsp3) is 0.176. The van der Waals surface area contributed by atoms with Crippen molar-refractivity contribution >= 4 is 0 Å². The van der Waals surface area contributed by atoms with Crippen molar-refractivity contribution in [2.45, 2.75) is 5.60 Å². The fourth-order valence-electron chi connectivity index (χ4n) is 2.07. The summed E-state index contributed by atoms with van der Waals surface area (Å²) in [5.74, 6) is 2.60. The van der Waals surface area contributed by atoms with Crippen LogP contribution >= 0.6 is 0 Å². The number of aliphatic hydroxyl groups is 1. The van der Waals surface area contributed by atoms with Gasteiger partial charge in [0.2, 0.25) is 0 Å². The molecule has 0 aliphatic heterocycles. The van der Waals surface area contributed by atoms with Gasteiger partial charge in [-0.15, -0.1) is 6.42 Å². The minimum absolute atomic E-state index is 0.00373. The molecule has 4 heteroatoms. The van der Waals surface area contributed by atoms with E-state index in [1.54, 1.807) is 30.3 Å². The summed E-state index contributed by atoms with van der Waals surface area (Å²) in [6.45, 7) is 0.